The van der Waals surface area contributed by atoms with Gasteiger partial charge in [-0.15, -0.1) is 0 Å². The van der Waals surface area contributed by atoms with Crippen molar-refractivity contribution in [2.75, 3.05) is 13.2 Å². The monoisotopic (exact) mass is 209 g/mol. The number of hydrogen-bond donors (Lipinski definition) is 0. The average molecular weight is 209 g/mol. The van der Waals surface area contributed by atoms with Gasteiger partial charge in [0, 0.05) is 18.7 Å². The summed E-state index contributed by atoms with van der Waals surface area (Å²) in [6.07, 6.45) is 3.04. The zero-order valence-corrected chi connectivity index (χ0v) is 8.28. The largest absolute Gasteiger partial charge is 0.381 e. The lowest BCUT2D eigenvalue weighted by Gasteiger charge is -2.20. The molecule has 1 aromatic heterocycles. The number of aromatic nitrogens is 1. The Kier molecular flexibility index (Phi) is 3.06. The molecule has 1 atom stereocenters. The number of ether oxygens (including phenoxy) is 1. The molecule has 2 heterocycles. The SMILES string of the molecule is O=C(c1ncccc1F)C1CCCOC1. The van der Waals surface area contributed by atoms with Gasteiger partial charge in [0.1, 0.15) is 5.69 Å². The number of hydrogen-bond acceptors (Lipinski definition) is 3. The molecule has 1 unspecified atom stereocenters. The molecular weight excluding hydrogens is 197 g/mol. The molecule has 4 heteroatoms. The highest BCUT2D eigenvalue weighted by molar-refractivity contribution is 5.96. The number of Topliss-reactive ketones (excluding diaryl/α,β-unsaturated/α-hetero) is 1. The van der Waals surface area contributed by atoms with Crippen LogP contribution < -0.4 is 0 Å². The van der Waals surface area contributed by atoms with E-state index >= 15 is 0 Å². The number of nitrogens with zero attached hydrogens (tertiary/aromatic N) is 1. The minimum absolute atomic E-state index is 0.0620. The van der Waals surface area contributed by atoms with Gasteiger partial charge in [0.05, 0.1) is 6.61 Å². The predicted molar refractivity (Wildman–Crippen MR) is 52.1 cm³/mol. The van der Waals surface area contributed by atoms with Crippen LogP contribution in [0.15, 0.2) is 18.3 Å². The molecule has 1 aliphatic heterocycles. The molecule has 0 bridgehead atoms. The van der Waals surface area contributed by atoms with Gasteiger partial charge in [-0.1, -0.05) is 0 Å². The van der Waals surface area contributed by atoms with Crippen LogP contribution in [0, 0.1) is 11.7 Å². The van der Waals surface area contributed by atoms with E-state index in [-0.39, 0.29) is 17.4 Å². The van der Waals surface area contributed by atoms with Crippen molar-refractivity contribution in [3.8, 4) is 0 Å². The third kappa shape index (κ3) is 2.21. The van der Waals surface area contributed by atoms with Gasteiger partial charge in [0.2, 0.25) is 0 Å². The fourth-order valence-electron chi connectivity index (χ4n) is 1.71. The van der Waals surface area contributed by atoms with E-state index in [1.54, 1.807) is 0 Å². The Morgan fingerprint density at radius 3 is 3.13 bits per heavy atom. The van der Waals surface area contributed by atoms with E-state index in [0.29, 0.717) is 13.2 Å². The second kappa shape index (κ2) is 4.49. The van der Waals surface area contributed by atoms with Crippen molar-refractivity contribution in [1.82, 2.24) is 4.98 Å². The Labute approximate surface area is 87.3 Å². The number of rotatable bonds is 2. The second-order valence-electron chi connectivity index (χ2n) is 3.61. The zero-order valence-electron chi connectivity index (χ0n) is 8.28. The number of ketones is 1. The second-order valence-corrected chi connectivity index (χ2v) is 3.61. The zero-order chi connectivity index (χ0) is 10.7. The van der Waals surface area contributed by atoms with Crippen molar-refractivity contribution >= 4 is 5.78 Å². The molecule has 0 N–H and O–H groups in total. The van der Waals surface area contributed by atoms with E-state index in [2.05, 4.69) is 4.98 Å². The summed E-state index contributed by atoms with van der Waals surface area (Å²) in [6.45, 7) is 1.07. The summed E-state index contributed by atoms with van der Waals surface area (Å²) >= 11 is 0. The summed E-state index contributed by atoms with van der Waals surface area (Å²) in [5.74, 6) is -1.02. The minimum Gasteiger partial charge on any atom is -0.381 e. The first-order valence-corrected chi connectivity index (χ1v) is 5.01. The summed E-state index contributed by atoms with van der Waals surface area (Å²) in [4.78, 5) is 15.6. The molecule has 1 aliphatic rings. The van der Waals surface area contributed by atoms with Crippen LogP contribution in [0.2, 0.25) is 0 Å². The smallest absolute Gasteiger partial charge is 0.189 e. The lowest BCUT2D eigenvalue weighted by molar-refractivity contribution is 0.0455. The van der Waals surface area contributed by atoms with Gasteiger partial charge in [0.15, 0.2) is 11.6 Å². The molecule has 1 aromatic rings. The maximum atomic E-state index is 13.3. The summed E-state index contributed by atoms with van der Waals surface area (Å²) in [6, 6.07) is 2.73. The first-order valence-electron chi connectivity index (χ1n) is 5.01. The quantitative estimate of drug-likeness (QED) is 0.697. The number of pyridine rings is 1. The van der Waals surface area contributed by atoms with E-state index in [9.17, 15) is 9.18 Å². The predicted octanol–water partition coefficient (Wildman–Crippen LogP) is 1.83. The van der Waals surface area contributed by atoms with Crippen molar-refractivity contribution in [1.29, 1.82) is 0 Å². The number of halogens is 1. The van der Waals surface area contributed by atoms with Crippen LogP contribution in [0.5, 0.6) is 0 Å². The molecule has 2 rings (SSSR count). The van der Waals surface area contributed by atoms with Gasteiger partial charge < -0.3 is 4.74 Å². The highest BCUT2D eigenvalue weighted by Crippen LogP contribution is 2.19. The van der Waals surface area contributed by atoms with Crippen molar-refractivity contribution < 1.29 is 13.9 Å². The summed E-state index contributed by atoms with van der Waals surface area (Å²) in [5, 5.41) is 0. The Hall–Kier alpha value is -1.29. The third-order valence-electron chi connectivity index (χ3n) is 2.52. The standard InChI is InChI=1S/C11H12FNO2/c12-9-4-1-5-13-10(9)11(14)8-3-2-6-15-7-8/h1,4-5,8H,2-3,6-7H2. The Morgan fingerprint density at radius 1 is 1.60 bits per heavy atom. The van der Waals surface area contributed by atoms with Crippen molar-refractivity contribution in [3.05, 3.63) is 29.8 Å². The van der Waals surface area contributed by atoms with Gasteiger partial charge in [-0.2, -0.15) is 0 Å². The molecule has 0 aromatic carbocycles. The molecule has 0 aliphatic carbocycles. The Morgan fingerprint density at radius 2 is 2.47 bits per heavy atom. The number of carbonyl (C=O) groups excluding carboxylic acids is 1. The summed E-state index contributed by atoms with van der Waals surface area (Å²) < 4.78 is 18.5. The number of carbonyl (C=O) groups is 1. The highest BCUT2D eigenvalue weighted by Gasteiger charge is 2.25. The molecule has 80 valence electrons. The van der Waals surface area contributed by atoms with Gasteiger partial charge in [0.25, 0.3) is 0 Å². The molecule has 3 nitrogen and oxygen atoms in total. The van der Waals surface area contributed by atoms with Crippen LogP contribution in [-0.2, 0) is 4.74 Å². The van der Waals surface area contributed by atoms with Crippen LogP contribution in [0.1, 0.15) is 23.3 Å². The van der Waals surface area contributed by atoms with E-state index in [1.807, 2.05) is 0 Å². The van der Waals surface area contributed by atoms with Crippen molar-refractivity contribution in [3.63, 3.8) is 0 Å². The normalized spacial score (nSPS) is 21.3. The fourth-order valence-corrected chi connectivity index (χ4v) is 1.71. The molecule has 0 radical (unpaired) electrons. The van der Waals surface area contributed by atoms with Crippen LogP contribution in [0.3, 0.4) is 0 Å². The van der Waals surface area contributed by atoms with Gasteiger partial charge in [-0.3, -0.25) is 9.78 Å². The Balaban J connectivity index is 2.16. The summed E-state index contributed by atoms with van der Waals surface area (Å²) in [7, 11) is 0. The van der Waals surface area contributed by atoms with E-state index < -0.39 is 5.82 Å². The van der Waals surface area contributed by atoms with Crippen LogP contribution in [-0.4, -0.2) is 24.0 Å². The molecule has 0 saturated carbocycles. The summed E-state index contributed by atoms with van der Waals surface area (Å²) in [5.41, 5.74) is -0.0620. The third-order valence-corrected chi connectivity index (χ3v) is 2.52. The first-order chi connectivity index (χ1) is 7.29. The van der Waals surface area contributed by atoms with Crippen LogP contribution >= 0.6 is 0 Å². The molecular formula is C11H12FNO2. The van der Waals surface area contributed by atoms with Gasteiger partial charge in [-0.25, -0.2) is 4.39 Å². The molecule has 1 fully saturated rings. The minimum atomic E-state index is -0.548. The fraction of sp³-hybridized carbons (Fsp3) is 0.455. The lowest BCUT2D eigenvalue weighted by Crippen LogP contribution is -2.26. The first kappa shape index (κ1) is 10.2. The molecule has 1 saturated heterocycles. The Bertz CT molecular complexity index is 361. The van der Waals surface area contributed by atoms with Crippen molar-refractivity contribution in [2.45, 2.75) is 12.8 Å². The maximum Gasteiger partial charge on any atom is 0.189 e. The van der Waals surface area contributed by atoms with Crippen molar-refractivity contribution in [2.24, 2.45) is 5.92 Å². The van der Waals surface area contributed by atoms with E-state index in [4.69, 9.17) is 4.74 Å². The van der Waals surface area contributed by atoms with E-state index in [0.717, 1.165) is 12.8 Å². The molecule has 0 amide bonds. The molecule has 0 spiro atoms. The van der Waals surface area contributed by atoms with Gasteiger partial charge in [-0.05, 0) is 25.0 Å². The maximum absolute atomic E-state index is 13.3. The highest BCUT2D eigenvalue weighted by atomic mass is 19.1. The average Bonchev–Trinajstić information content (AvgIpc) is 2.30. The topological polar surface area (TPSA) is 39.2 Å². The lowest BCUT2D eigenvalue weighted by atomic mass is 9.95. The van der Waals surface area contributed by atoms with Gasteiger partial charge >= 0.3 is 0 Å². The van der Waals surface area contributed by atoms with Crippen LogP contribution in [0.4, 0.5) is 4.39 Å². The van der Waals surface area contributed by atoms with Crippen LogP contribution in [0.25, 0.3) is 0 Å². The molecule has 15 heavy (non-hydrogen) atoms. The van der Waals surface area contributed by atoms with E-state index in [1.165, 1.54) is 18.3 Å².